The molecule has 0 unspecified atom stereocenters. The van der Waals surface area contributed by atoms with Crippen LogP contribution in [0.5, 0.6) is 0 Å². The SMILES string of the molecule is Cc1c(CC(=S)N2CCN(C)CC2)nnn1-c1ccc(Cl)cc1. The van der Waals surface area contributed by atoms with Gasteiger partial charge in [0.15, 0.2) is 0 Å². The lowest BCUT2D eigenvalue weighted by Crippen LogP contribution is -2.47. The Balaban J connectivity index is 1.72. The summed E-state index contributed by atoms with van der Waals surface area (Å²) in [5, 5.41) is 9.29. The van der Waals surface area contributed by atoms with Crippen molar-refractivity contribution in [1.29, 1.82) is 0 Å². The first-order valence-electron chi connectivity index (χ1n) is 7.68. The van der Waals surface area contributed by atoms with Crippen molar-refractivity contribution in [1.82, 2.24) is 24.8 Å². The van der Waals surface area contributed by atoms with Gasteiger partial charge in [0.2, 0.25) is 0 Å². The number of hydrogen-bond acceptors (Lipinski definition) is 4. The lowest BCUT2D eigenvalue weighted by molar-refractivity contribution is 0.216. The van der Waals surface area contributed by atoms with Crippen molar-refractivity contribution in [3.8, 4) is 5.69 Å². The molecule has 0 bridgehead atoms. The van der Waals surface area contributed by atoms with Crippen molar-refractivity contribution >= 4 is 28.8 Å². The lowest BCUT2D eigenvalue weighted by atomic mass is 10.2. The Kier molecular flexibility index (Phi) is 4.94. The molecule has 0 amide bonds. The fourth-order valence-corrected chi connectivity index (χ4v) is 3.11. The number of rotatable bonds is 3. The van der Waals surface area contributed by atoms with Gasteiger partial charge in [-0.15, -0.1) is 5.10 Å². The monoisotopic (exact) mass is 349 g/mol. The molecule has 2 heterocycles. The predicted molar refractivity (Wildman–Crippen MR) is 96.5 cm³/mol. The van der Waals surface area contributed by atoms with Crippen molar-refractivity contribution in [2.75, 3.05) is 33.2 Å². The minimum Gasteiger partial charge on any atom is -0.363 e. The third-order valence-electron chi connectivity index (χ3n) is 4.24. The van der Waals surface area contributed by atoms with Crippen LogP contribution in [0.15, 0.2) is 24.3 Å². The molecule has 2 aromatic rings. The molecule has 122 valence electrons. The van der Waals surface area contributed by atoms with E-state index in [4.69, 9.17) is 23.8 Å². The number of likely N-dealkylation sites (N-methyl/N-ethyl adjacent to an activating group) is 1. The molecule has 0 N–H and O–H groups in total. The van der Waals surface area contributed by atoms with Crippen LogP contribution in [0.4, 0.5) is 0 Å². The van der Waals surface area contributed by atoms with Gasteiger partial charge in [0.1, 0.15) is 0 Å². The maximum atomic E-state index is 5.94. The molecule has 0 atom stereocenters. The van der Waals surface area contributed by atoms with Gasteiger partial charge in [-0.1, -0.05) is 29.0 Å². The molecule has 1 fully saturated rings. The second-order valence-electron chi connectivity index (χ2n) is 5.87. The van der Waals surface area contributed by atoms with Crippen molar-refractivity contribution in [2.45, 2.75) is 13.3 Å². The van der Waals surface area contributed by atoms with E-state index in [9.17, 15) is 0 Å². The second kappa shape index (κ2) is 6.95. The standard InChI is InChI=1S/C16H20ClN5S/c1-12-15(11-16(23)21-9-7-20(2)8-10-21)18-19-22(12)14-5-3-13(17)4-6-14/h3-6H,7-11H2,1-2H3. The van der Waals surface area contributed by atoms with Crippen LogP contribution in [0.25, 0.3) is 5.69 Å². The normalized spacial score (nSPS) is 15.9. The van der Waals surface area contributed by atoms with E-state index in [0.717, 1.165) is 48.2 Å². The van der Waals surface area contributed by atoms with Crippen LogP contribution < -0.4 is 0 Å². The van der Waals surface area contributed by atoms with Crippen LogP contribution in [0.2, 0.25) is 5.02 Å². The molecule has 1 aromatic heterocycles. The van der Waals surface area contributed by atoms with Crippen LogP contribution in [0, 0.1) is 6.92 Å². The van der Waals surface area contributed by atoms with Crippen LogP contribution in [0.3, 0.4) is 0 Å². The third-order valence-corrected chi connectivity index (χ3v) is 4.89. The minimum atomic E-state index is 0.665. The molecule has 1 saturated heterocycles. The Morgan fingerprint density at radius 3 is 2.48 bits per heavy atom. The molecule has 23 heavy (non-hydrogen) atoms. The summed E-state index contributed by atoms with van der Waals surface area (Å²) in [4.78, 5) is 5.54. The molecule has 0 radical (unpaired) electrons. The van der Waals surface area contributed by atoms with E-state index in [-0.39, 0.29) is 0 Å². The van der Waals surface area contributed by atoms with Crippen molar-refractivity contribution < 1.29 is 0 Å². The highest BCUT2D eigenvalue weighted by Gasteiger charge is 2.19. The van der Waals surface area contributed by atoms with Crippen LogP contribution in [-0.4, -0.2) is 63.0 Å². The van der Waals surface area contributed by atoms with Crippen molar-refractivity contribution in [2.24, 2.45) is 0 Å². The van der Waals surface area contributed by atoms with Gasteiger partial charge in [-0.05, 0) is 38.2 Å². The summed E-state index contributed by atoms with van der Waals surface area (Å²) in [6.07, 6.45) is 0.665. The summed E-state index contributed by atoms with van der Waals surface area (Å²) >= 11 is 11.5. The van der Waals surface area contributed by atoms with Gasteiger partial charge in [0.25, 0.3) is 0 Å². The fourth-order valence-electron chi connectivity index (χ4n) is 2.66. The zero-order chi connectivity index (χ0) is 16.4. The van der Waals surface area contributed by atoms with Crippen LogP contribution in [0.1, 0.15) is 11.4 Å². The van der Waals surface area contributed by atoms with E-state index in [1.54, 1.807) is 0 Å². The van der Waals surface area contributed by atoms with Gasteiger partial charge < -0.3 is 9.80 Å². The van der Waals surface area contributed by atoms with Gasteiger partial charge in [0, 0.05) is 37.6 Å². The smallest absolute Gasteiger partial charge is 0.0928 e. The maximum absolute atomic E-state index is 5.94. The number of hydrogen-bond donors (Lipinski definition) is 0. The number of halogens is 1. The van der Waals surface area contributed by atoms with Crippen molar-refractivity contribution in [3.05, 3.63) is 40.7 Å². The van der Waals surface area contributed by atoms with E-state index < -0.39 is 0 Å². The van der Waals surface area contributed by atoms with E-state index >= 15 is 0 Å². The van der Waals surface area contributed by atoms with E-state index in [2.05, 4.69) is 27.2 Å². The Morgan fingerprint density at radius 1 is 1.17 bits per heavy atom. The molecule has 0 spiro atoms. The Hall–Kier alpha value is -1.50. The first-order valence-corrected chi connectivity index (χ1v) is 8.46. The lowest BCUT2D eigenvalue weighted by Gasteiger charge is -2.34. The maximum Gasteiger partial charge on any atom is 0.0928 e. The first-order chi connectivity index (χ1) is 11.0. The van der Waals surface area contributed by atoms with E-state index in [0.29, 0.717) is 11.4 Å². The molecular weight excluding hydrogens is 330 g/mol. The molecule has 5 nitrogen and oxygen atoms in total. The number of thiocarbonyl (C=S) groups is 1. The Morgan fingerprint density at radius 2 is 1.83 bits per heavy atom. The summed E-state index contributed by atoms with van der Waals surface area (Å²) in [6, 6.07) is 7.58. The minimum absolute atomic E-state index is 0.665. The number of aromatic nitrogens is 3. The molecule has 0 saturated carbocycles. The van der Waals surface area contributed by atoms with Gasteiger partial charge in [-0.2, -0.15) is 0 Å². The van der Waals surface area contributed by atoms with E-state index in [1.807, 2.05) is 35.9 Å². The summed E-state index contributed by atoms with van der Waals surface area (Å²) in [6.45, 7) is 6.10. The van der Waals surface area contributed by atoms with Gasteiger partial charge in [-0.25, -0.2) is 4.68 Å². The summed E-state index contributed by atoms with van der Waals surface area (Å²) < 4.78 is 1.83. The zero-order valence-electron chi connectivity index (χ0n) is 13.4. The number of benzene rings is 1. The number of nitrogens with zero attached hydrogens (tertiary/aromatic N) is 5. The van der Waals surface area contributed by atoms with Crippen LogP contribution >= 0.6 is 23.8 Å². The molecule has 7 heteroatoms. The molecular formula is C16H20ClN5S. The molecule has 1 aliphatic rings. The molecule has 3 rings (SSSR count). The number of piperazine rings is 1. The Labute approximate surface area is 146 Å². The predicted octanol–water partition coefficient (Wildman–Crippen LogP) is 2.35. The summed E-state index contributed by atoms with van der Waals surface area (Å²) in [7, 11) is 2.14. The second-order valence-corrected chi connectivity index (χ2v) is 6.78. The van der Waals surface area contributed by atoms with Gasteiger partial charge in [-0.3, -0.25) is 0 Å². The highest BCUT2D eigenvalue weighted by molar-refractivity contribution is 7.80. The van der Waals surface area contributed by atoms with Crippen molar-refractivity contribution in [3.63, 3.8) is 0 Å². The fraction of sp³-hybridized carbons (Fsp3) is 0.438. The topological polar surface area (TPSA) is 37.2 Å². The van der Waals surface area contributed by atoms with E-state index in [1.165, 1.54) is 0 Å². The van der Waals surface area contributed by atoms with Gasteiger partial charge >= 0.3 is 0 Å². The molecule has 0 aliphatic carbocycles. The zero-order valence-corrected chi connectivity index (χ0v) is 14.9. The highest BCUT2D eigenvalue weighted by atomic mass is 35.5. The largest absolute Gasteiger partial charge is 0.363 e. The summed E-state index contributed by atoms with van der Waals surface area (Å²) in [5.41, 5.74) is 2.91. The quantitative estimate of drug-likeness (QED) is 0.795. The van der Waals surface area contributed by atoms with Gasteiger partial charge in [0.05, 0.1) is 22.1 Å². The molecule has 1 aliphatic heterocycles. The third kappa shape index (κ3) is 3.71. The first kappa shape index (κ1) is 16.4. The molecule has 1 aromatic carbocycles. The van der Waals surface area contributed by atoms with Crippen LogP contribution in [-0.2, 0) is 6.42 Å². The Bertz CT molecular complexity index is 689. The highest BCUT2D eigenvalue weighted by Crippen LogP contribution is 2.16. The average Bonchev–Trinajstić information content (AvgIpc) is 2.90. The average molecular weight is 350 g/mol. The summed E-state index contributed by atoms with van der Waals surface area (Å²) in [5.74, 6) is 0.